The number of carbonyl (C=O) groups is 3. The molecular weight excluding hydrogens is 437 g/mol. The van der Waals surface area contributed by atoms with E-state index in [-0.39, 0.29) is 94.3 Å². The molecule has 0 saturated heterocycles. The summed E-state index contributed by atoms with van der Waals surface area (Å²) in [4.78, 5) is 26.7. The first-order chi connectivity index (χ1) is 11.9. The monoisotopic (exact) mass is 468 g/mol. The Hall–Kier alpha value is 1.43. The zero-order chi connectivity index (χ0) is 21.8. The molecule has 0 spiro atoms. The van der Waals surface area contributed by atoms with Gasteiger partial charge in [-0.15, -0.1) is 0 Å². The summed E-state index contributed by atoms with van der Waals surface area (Å²) in [5.74, 6) is -3.25. The van der Waals surface area contributed by atoms with Crippen molar-refractivity contribution in [2.24, 2.45) is 5.73 Å². The Morgan fingerprint density at radius 3 is 1.24 bits per heavy atom. The van der Waals surface area contributed by atoms with Gasteiger partial charge in [-0.3, -0.25) is 0 Å². The van der Waals surface area contributed by atoms with E-state index in [0.29, 0.717) is 6.54 Å². The third kappa shape index (κ3) is 44.0. The van der Waals surface area contributed by atoms with Crippen LogP contribution in [-0.2, 0) is 27.7 Å². The van der Waals surface area contributed by atoms with Gasteiger partial charge >= 0.3 is 97.5 Å². The second-order valence-electron chi connectivity index (χ2n) is 4.39. The fourth-order valence-electron chi connectivity index (χ4n) is 1.45. The van der Waals surface area contributed by atoms with Crippen molar-refractivity contribution < 1.29 is 132 Å². The SMILES string of the molecule is CC(=O)[O-].CC(=O)[O-].CC(=O)[O-].CCC(NCCN)[Si](OC)(OC)OC.[Na+].[Na+].[Na+]. The Morgan fingerprint density at radius 2 is 1.10 bits per heavy atom. The first-order valence-corrected chi connectivity index (χ1v) is 9.32. The van der Waals surface area contributed by atoms with Crippen LogP contribution in [0.3, 0.4) is 0 Å². The van der Waals surface area contributed by atoms with E-state index in [1.807, 2.05) is 0 Å². The maximum Gasteiger partial charge on any atom is 1.00 e. The summed E-state index contributed by atoms with van der Waals surface area (Å²) >= 11 is 0. The van der Waals surface area contributed by atoms with E-state index in [1.54, 1.807) is 21.3 Å². The number of hydrogen-bond donors (Lipinski definition) is 2. The van der Waals surface area contributed by atoms with Crippen LogP contribution in [0, 0.1) is 0 Å². The number of carboxylic acid groups (broad SMARTS) is 3. The molecule has 0 aromatic rings. The minimum Gasteiger partial charge on any atom is -0.550 e. The van der Waals surface area contributed by atoms with E-state index in [2.05, 4.69) is 12.2 Å². The minimum absolute atomic E-state index is 0. The van der Waals surface area contributed by atoms with Crippen molar-refractivity contribution in [3.63, 3.8) is 0 Å². The predicted octanol–water partition coefficient (Wildman–Crippen LogP) is -13.0. The van der Waals surface area contributed by atoms with Gasteiger partial charge in [-0.1, -0.05) is 6.92 Å². The van der Waals surface area contributed by atoms with E-state index in [1.165, 1.54) is 0 Å². The molecule has 11 nitrogen and oxygen atoms in total. The molecule has 1 atom stereocenters. The van der Waals surface area contributed by atoms with Crippen LogP contribution in [-0.4, -0.2) is 66.8 Å². The van der Waals surface area contributed by atoms with Crippen molar-refractivity contribution in [3.05, 3.63) is 0 Å². The quantitative estimate of drug-likeness (QED) is 0.322. The molecule has 29 heavy (non-hydrogen) atoms. The Kier molecular flexibility index (Phi) is 56.4. The van der Waals surface area contributed by atoms with Crippen molar-refractivity contribution in [2.75, 3.05) is 34.4 Å². The van der Waals surface area contributed by atoms with Crippen molar-refractivity contribution in [3.8, 4) is 0 Å². The van der Waals surface area contributed by atoms with Gasteiger partial charge < -0.3 is 54.0 Å². The summed E-state index contributed by atoms with van der Waals surface area (Å²) in [7, 11) is 2.30. The largest absolute Gasteiger partial charge is 1.00 e. The Balaban J connectivity index is -0.0000000540. The molecule has 0 rings (SSSR count). The molecule has 0 bridgehead atoms. The zero-order valence-electron chi connectivity index (χ0n) is 19.5. The molecule has 3 N–H and O–H groups in total. The van der Waals surface area contributed by atoms with Gasteiger partial charge in [0.05, 0.1) is 5.67 Å². The van der Waals surface area contributed by atoms with E-state index in [0.717, 1.165) is 33.7 Å². The molecule has 0 radical (unpaired) electrons. The number of carboxylic acids is 3. The van der Waals surface area contributed by atoms with Crippen LogP contribution in [0.2, 0.25) is 0 Å². The van der Waals surface area contributed by atoms with E-state index in [9.17, 15) is 0 Å². The van der Waals surface area contributed by atoms with Crippen molar-refractivity contribution >= 4 is 26.7 Å². The number of nitrogens with two attached hydrogens (primary N) is 1. The summed E-state index contributed by atoms with van der Waals surface area (Å²) in [5, 5.41) is 29.9. The predicted molar refractivity (Wildman–Crippen MR) is 90.0 cm³/mol. The van der Waals surface area contributed by atoms with Crippen LogP contribution in [0.4, 0.5) is 0 Å². The smallest absolute Gasteiger partial charge is 0.550 e. The average Bonchev–Trinajstić information content (AvgIpc) is 2.50. The van der Waals surface area contributed by atoms with Crippen LogP contribution in [0.25, 0.3) is 0 Å². The summed E-state index contributed by atoms with van der Waals surface area (Å²) in [5.41, 5.74) is 5.53. The average molecular weight is 468 g/mol. The minimum atomic E-state index is -2.55. The molecule has 0 amide bonds. The summed E-state index contributed by atoms with van der Waals surface area (Å²) < 4.78 is 16.1. The summed E-state index contributed by atoms with van der Waals surface area (Å²) in [6.07, 6.45) is 0.891. The van der Waals surface area contributed by atoms with E-state index < -0.39 is 26.7 Å². The summed E-state index contributed by atoms with van der Waals surface area (Å²) in [6.45, 7) is 6.31. The maximum absolute atomic E-state index is 8.89. The molecule has 0 aliphatic carbocycles. The molecule has 0 heterocycles. The fourth-order valence-corrected chi connectivity index (χ4v) is 3.70. The first-order valence-electron chi connectivity index (χ1n) is 7.52. The van der Waals surface area contributed by atoms with Gasteiger partial charge in [0, 0.05) is 52.3 Å². The molecule has 0 aromatic carbocycles. The standard InChI is InChI=1S/C8H22N2O3Si.3C2H4O2.3Na/c1-5-8(10-7-6-9)14(11-2,12-3)13-4;3*1-2(3)4;;;/h8,10H,5-7,9H2,1-4H3;3*1H3,(H,3,4);;;/q;;;;3*+1/p-3. The van der Waals surface area contributed by atoms with Crippen molar-refractivity contribution in [1.29, 1.82) is 0 Å². The van der Waals surface area contributed by atoms with Gasteiger partial charge in [0.2, 0.25) is 0 Å². The molecule has 0 fully saturated rings. The fraction of sp³-hybridized carbons (Fsp3) is 0.786. The van der Waals surface area contributed by atoms with Crippen LogP contribution in [0.1, 0.15) is 34.1 Å². The molecule has 0 saturated carbocycles. The normalized spacial score (nSPS) is 9.52. The summed E-state index contributed by atoms with van der Waals surface area (Å²) in [6, 6.07) is 0. The van der Waals surface area contributed by atoms with Crippen LogP contribution in [0.15, 0.2) is 0 Å². The zero-order valence-corrected chi connectivity index (χ0v) is 26.5. The molecular formula is C14H31N2Na3O9Si. The third-order valence-corrected chi connectivity index (χ3v) is 5.40. The van der Waals surface area contributed by atoms with Crippen LogP contribution >= 0.6 is 0 Å². The number of nitrogens with one attached hydrogen (secondary N) is 1. The van der Waals surface area contributed by atoms with Gasteiger partial charge in [-0.25, -0.2) is 0 Å². The number of hydrogen-bond acceptors (Lipinski definition) is 11. The van der Waals surface area contributed by atoms with Gasteiger partial charge in [0.25, 0.3) is 0 Å². The third-order valence-electron chi connectivity index (χ3n) is 2.22. The maximum atomic E-state index is 8.89. The Labute approximate surface area is 241 Å². The molecule has 0 aromatic heterocycles. The van der Waals surface area contributed by atoms with E-state index >= 15 is 0 Å². The topological polar surface area (TPSA) is 186 Å². The van der Waals surface area contributed by atoms with Gasteiger partial charge in [0.15, 0.2) is 0 Å². The van der Waals surface area contributed by atoms with Crippen LogP contribution < -0.4 is 115 Å². The van der Waals surface area contributed by atoms with Gasteiger partial charge in [-0.2, -0.15) is 0 Å². The van der Waals surface area contributed by atoms with Gasteiger partial charge in [-0.05, 0) is 27.2 Å². The first kappa shape index (κ1) is 48.0. The van der Waals surface area contributed by atoms with Crippen molar-refractivity contribution in [2.45, 2.75) is 39.8 Å². The Bertz CT molecular complexity index is 331. The second-order valence-corrected chi connectivity index (χ2v) is 7.52. The molecule has 15 heteroatoms. The molecule has 158 valence electrons. The van der Waals surface area contributed by atoms with Crippen LogP contribution in [0.5, 0.6) is 0 Å². The van der Waals surface area contributed by atoms with Crippen molar-refractivity contribution in [1.82, 2.24) is 5.32 Å². The van der Waals surface area contributed by atoms with E-state index in [4.69, 9.17) is 48.7 Å². The number of carbonyl (C=O) groups excluding carboxylic acids is 3. The molecule has 0 aliphatic rings. The number of aliphatic carboxylic acids is 3. The van der Waals surface area contributed by atoms with Gasteiger partial charge in [0.1, 0.15) is 0 Å². The molecule has 1 unspecified atom stereocenters. The second kappa shape index (κ2) is 34.0. The Morgan fingerprint density at radius 1 is 0.862 bits per heavy atom. The number of rotatable bonds is 8. The molecule has 0 aliphatic heterocycles.